The van der Waals surface area contributed by atoms with Crippen LogP contribution in [0.3, 0.4) is 0 Å². The van der Waals surface area contributed by atoms with Crippen LogP contribution < -0.4 is 9.62 Å². The minimum absolute atomic E-state index is 0.00563. The maximum atomic E-state index is 11.9. The monoisotopic (exact) mass is 368 g/mol. The molecule has 124 valence electrons. The summed E-state index contributed by atoms with van der Waals surface area (Å²) in [5.74, 6) is -0.265. The maximum absolute atomic E-state index is 11.9. The number of rotatable bonds is 8. The summed E-state index contributed by atoms with van der Waals surface area (Å²) < 4.78 is 29.7. The summed E-state index contributed by atoms with van der Waals surface area (Å²) in [4.78, 5) is 11.7. The normalized spacial score (nSPS) is 11.3. The molecular formula is C13H18Cl2N2O4S. The van der Waals surface area contributed by atoms with Gasteiger partial charge >= 0.3 is 0 Å². The summed E-state index contributed by atoms with van der Waals surface area (Å²) in [5, 5.41) is 3.27. The number of halogens is 2. The Balaban J connectivity index is 2.81. The minimum Gasteiger partial charge on any atom is -0.383 e. The molecule has 0 saturated carbocycles. The Bertz CT molecular complexity index is 602. The quantitative estimate of drug-likeness (QED) is 0.711. The summed E-state index contributed by atoms with van der Waals surface area (Å²) in [6, 6.07) is 4.47. The Morgan fingerprint density at radius 3 is 2.36 bits per heavy atom. The van der Waals surface area contributed by atoms with E-state index in [0.717, 1.165) is 10.6 Å². The maximum Gasteiger partial charge on any atom is 0.232 e. The van der Waals surface area contributed by atoms with Crippen LogP contribution in [0.25, 0.3) is 0 Å². The second-order valence-electron chi connectivity index (χ2n) is 4.56. The molecule has 1 N–H and O–H groups in total. The number of benzene rings is 1. The lowest BCUT2D eigenvalue weighted by Gasteiger charge is -2.22. The number of methoxy groups -OCH3 is 1. The summed E-state index contributed by atoms with van der Waals surface area (Å²) in [6.45, 7) is 0.761. The molecule has 0 radical (unpaired) electrons. The van der Waals surface area contributed by atoms with E-state index in [1.165, 1.54) is 25.3 Å². The fourth-order valence-corrected chi connectivity index (χ4v) is 3.18. The van der Waals surface area contributed by atoms with Crippen LogP contribution in [-0.4, -0.2) is 47.4 Å². The summed E-state index contributed by atoms with van der Waals surface area (Å²) >= 11 is 11.8. The number of carbonyl (C=O) groups excluding carboxylic acids is 1. The number of nitrogens with one attached hydrogen (secondary N) is 1. The second-order valence-corrected chi connectivity index (χ2v) is 7.34. The van der Waals surface area contributed by atoms with Crippen LogP contribution in [0.4, 0.5) is 5.69 Å². The van der Waals surface area contributed by atoms with E-state index in [-0.39, 0.29) is 18.9 Å². The van der Waals surface area contributed by atoms with Crippen LogP contribution in [0.2, 0.25) is 10.0 Å². The lowest BCUT2D eigenvalue weighted by molar-refractivity contribution is -0.121. The van der Waals surface area contributed by atoms with Gasteiger partial charge in [-0.3, -0.25) is 9.10 Å². The Morgan fingerprint density at radius 2 is 1.86 bits per heavy atom. The van der Waals surface area contributed by atoms with Gasteiger partial charge in [-0.25, -0.2) is 8.42 Å². The van der Waals surface area contributed by atoms with Gasteiger partial charge in [0.2, 0.25) is 15.9 Å². The Hall–Kier alpha value is -1.02. The third-order valence-electron chi connectivity index (χ3n) is 2.71. The SMILES string of the molecule is COCCNC(=O)CCN(c1cc(Cl)cc(Cl)c1)S(C)(=O)=O. The molecular weight excluding hydrogens is 351 g/mol. The highest BCUT2D eigenvalue weighted by Gasteiger charge is 2.19. The topological polar surface area (TPSA) is 75.7 Å². The molecule has 0 bridgehead atoms. The molecule has 0 unspecified atom stereocenters. The zero-order chi connectivity index (χ0) is 16.8. The zero-order valence-electron chi connectivity index (χ0n) is 12.3. The molecule has 0 saturated heterocycles. The van der Waals surface area contributed by atoms with E-state index in [9.17, 15) is 13.2 Å². The van der Waals surface area contributed by atoms with Gasteiger partial charge in [0.1, 0.15) is 0 Å². The Kier molecular flexibility index (Phi) is 7.41. The van der Waals surface area contributed by atoms with Crippen LogP contribution >= 0.6 is 23.2 Å². The van der Waals surface area contributed by atoms with Crippen molar-refractivity contribution in [2.45, 2.75) is 6.42 Å². The highest BCUT2D eigenvalue weighted by Crippen LogP contribution is 2.27. The van der Waals surface area contributed by atoms with Crippen LogP contribution in [0.1, 0.15) is 6.42 Å². The minimum atomic E-state index is -3.56. The van der Waals surface area contributed by atoms with Gasteiger partial charge in [0.25, 0.3) is 0 Å². The van der Waals surface area contributed by atoms with Crippen LogP contribution in [0.5, 0.6) is 0 Å². The average molecular weight is 369 g/mol. The number of anilines is 1. The first-order valence-corrected chi connectivity index (χ1v) is 9.04. The van der Waals surface area contributed by atoms with Gasteiger partial charge in [-0.15, -0.1) is 0 Å². The van der Waals surface area contributed by atoms with Crippen LogP contribution in [0, 0.1) is 0 Å². The molecule has 22 heavy (non-hydrogen) atoms. The van der Waals surface area contributed by atoms with Gasteiger partial charge in [-0.05, 0) is 18.2 Å². The van der Waals surface area contributed by atoms with Gasteiger partial charge in [0, 0.05) is 36.7 Å². The molecule has 0 aliphatic heterocycles. The van der Waals surface area contributed by atoms with Crippen LogP contribution in [-0.2, 0) is 19.6 Å². The van der Waals surface area contributed by atoms with Crippen molar-refractivity contribution in [3.05, 3.63) is 28.2 Å². The van der Waals surface area contributed by atoms with Crippen molar-refractivity contribution < 1.29 is 17.9 Å². The molecule has 1 aromatic rings. The molecule has 0 aromatic heterocycles. The fraction of sp³-hybridized carbons (Fsp3) is 0.462. The fourth-order valence-electron chi connectivity index (χ4n) is 1.75. The van der Waals surface area contributed by atoms with Crippen molar-refractivity contribution in [1.82, 2.24) is 5.32 Å². The van der Waals surface area contributed by atoms with E-state index in [2.05, 4.69) is 5.32 Å². The van der Waals surface area contributed by atoms with Gasteiger partial charge in [-0.1, -0.05) is 23.2 Å². The molecule has 0 spiro atoms. The van der Waals surface area contributed by atoms with E-state index in [4.69, 9.17) is 27.9 Å². The number of amides is 1. The largest absolute Gasteiger partial charge is 0.383 e. The molecule has 0 fully saturated rings. The third kappa shape index (κ3) is 6.39. The molecule has 1 amide bonds. The highest BCUT2D eigenvalue weighted by atomic mass is 35.5. The lowest BCUT2D eigenvalue weighted by Crippen LogP contribution is -2.35. The van der Waals surface area contributed by atoms with Gasteiger partial charge in [-0.2, -0.15) is 0 Å². The summed E-state index contributed by atoms with van der Waals surface area (Å²) in [6.07, 6.45) is 1.07. The van der Waals surface area contributed by atoms with E-state index in [1.807, 2.05) is 0 Å². The molecule has 1 rings (SSSR count). The van der Waals surface area contributed by atoms with Crippen molar-refractivity contribution in [2.24, 2.45) is 0 Å². The van der Waals surface area contributed by atoms with Crippen molar-refractivity contribution >= 4 is 44.8 Å². The third-order valence-corrected chi connectivity index (χ3v) is 4.34. The standard InChI is InChI=1S/C13H18Cl2N2O4S/c1-21-6-4-16-13(18)3-5-17(22(2,19)20)12-8-10(14)7-11(15)9-12/h7-9H,3-6H2,1-2H3,(H,16,18). The van der Waals surface area contributed by atoms with E-state index in [1.54, 1.807) is 0 Å². The zero-order valence-corrected chi connectivity index (χ0v) is 14.6. The van der Waals surface area contributed by atoms with Gasteiger partial charge in [0.05, 0.1) is 18.6 Å². The van der Waals surface area contributed by atoms with Crippen molar-refractivity contribution in [3.63, 3.8) is 0 Å². The predicted octanol–water partition coefficient (Wildman–Crippen LogP) is 1.91. The molecule has 1 aromatic carbocycles. The number of hydrogen-bond acceptors (Lipinski definition) is 4. The number of ether oxygens (including phenoxy) is 1. The second kappa shape index (κ2) is 8.57. The predicted molar refractivity (Wildman–Crippen MR) is 88.2 cm³/mol. The van der Waals surface area contributed by atoms with Crippen LogP contribution in [0.15, 0.2) is 18.2 Å². The molecule has 0 aliphatic carbocycles. The Labute approximate surface area is 140 Å². The van der Waals surface area contributed by atoms with Crippen molar-refractivity contribution in [1.29, 1.82) is 0 Å². The first-order chi connectivity index (χ1) is 10.2. The highest BCUT2D eigenvalue weighted by molar-refractivity contribution is 7.92. The molecule has 0 atom stereocenters. The van der Waals surface area contributed by atoms with E-state index < -0.39 is 10.0 Å². The summed E-state index contributed by atoms with van der Waals surface area (Å²) in [7, 11) is -2.03. The Morgan fingerprint density at radius 1 is 1.27 bits per heavy atom. The van der Waals surface area contributed by atoms with E-state index >= 15 is 0 Å². The van der Waals surface area contributed by atoms with Gasteiger partial charge < -0.3 is 10.1 Å². The number of carbonyl (C=O) groups is 1. The first-order valence-electron chi connectivity index (χ1n) is 6.43. The lowest BCUT2D eigenvalue weighted by atomic mass is 10.3. The van der Waals surface area contributed by atoms with Crippen molar-refractivity contribution in [2.75, 3.05) is 37.4 Å². The van der Waals surface area contributed by atoms with E-state index in [0.29, 0.717) is 28.9 Å². The average Bonchev–Trinajstić information content (AvgIpc) is 2.36. The van der Waals surface area contributed by atoms with Crippen molar-refractivity contribution in [3.8, 4) is 0 Å². The number of sulfonamides is 1. The smallest absolute Gasteiger partial charge is 0.232 e. The first kappa shape index (κ1) is 19.0. The molecule has 9 heteroatoms. The molecule has 6 nitrogen and oxygen atoms in total. The number of nitrogens with zero attached hydrogens (tertiary/aromatic N) is 1. The number of hydrogen-bond donors (Lipinski definition) is 1. The summed E-state index contributed by atoms with van der Waals surface area (Å²) in [5.41, 5.74) is 0.324. The molecule has 0 aliphatic rings. The molecule has 0 heterocycles. The van der Waals surface area contributed by atoms with Gasteiger partial charge in [0.15, 0.2) is 0 Å².